The van der Waals surface area contributed by atoms with Gasteiger partial charge in [0.1, 0.15) is 0 Å². The van der Waals surface area contributed by atoms with Crippen LogP contribution in [0.1, 0.15) is 57.2 Å². The summed E-state index contributed by atoms with van der Waals surface area (Å²) in [7, 11) is 0. The van der Waals surface area contributed by atoms with Crippen molar-refractivity contribution in [2.45, 2.75) is 31.6 Å². The number of aliphatic hydroxyl groups is 1. The van der Waals surface area contributed by atoms with E-state index in [9.17, 15) is 9.59 Å². The molecule has 1 aliphatic carbocycles. The van der Waals surface area contributed by atoms with E-state index in [4.69, 9.17) is 5.11 Å². The Balaban J connectivity index is 1.42. The first-order valence-electron chi connectivity index (χ1n) is 10.9. The van der Waals surface area contributed by atoms with Crippen LogP contribution in [0.3, 0.4) is 0 Å². The van der Waals surface area contributed by atoms with E-state index in [-0.39, 0.29) is 25.0 Å². The molecular formula is C25H28N2O3S. The second-order valence-electron chi connectivity index (χ2n) is 8.11. The smallest absolute Gasteiger partial charge is 0.261 e. The van der Waals surface area contributed by atoms with Gasteiger partial charge in [0.2, 0.25) is 0 Å². The van der Waals surface area contributed by atoms with Crippen molar-refractivity contribution in [3.05, 3.63) is 70.6 Å². The van der Waals surface area contributed by atoms with Gasteiger partial charge < -0.3 is 15.7 Å². The number of hydrogen-bond acceptors (Lipinski definition) is 4. The third-order valence-corrected chi connectivity index (χ3v) is 7.27. The van der Waals surface area contributed by atoms with Gasteiger partial charge in [0.25, 0.3) is 11.8 Å². The number of carbonyl (C=O) groups excluding carboxylic acids is 2. The molecular weight excluding hydrogens is 408 g/mol. The van der Waals surface area contributed by atoms with Crippen molar-refractivity contribution in [3.63, 3.8) is 0 Å². The summed E-state index contributed by atoms with van der Waals surface area (Å²) < 4.78 is 1.13. The molecule has 2 amide bonds. The lowest BCUT2D eigenvalue weighted by Crippen LogP contribution is -2.31. The maximum atomic E-state index is 12.8. The Kier molecular flexibility index (Phi) is 6.99. The summed E-state index contributed by atoms with van der Waals surface area (Å²) in [5.41, 5.74) is 1.85. The lowest BCUT2D eigenvalue weighted by atomic mass is 9.77. The quantitative estimate of drug-likeness (QED) is 0.516. The minimum absolute atomic E-state index is 0.0191. The number of fused-ring (bicyclic) bond motifs is 1. The summed E-state index contributed by atoms with van der Waals surface area (Å²) >= 11 is 1.54. The molecule has 5 nitrogen and oxygen atoms in total. The van der Waals surface area contributed by atoms with Crippen LogP contribution in [0, 0.1) is 5.92 Å². The van der Waals surface area contributed by atoms with E-state index in [0.717, 1.165) is 40.8 Å². The topological polar surface area (TPSA) is 78.4 Å². The van der Waals surface area contributed by atoms with Crippen molar-refractivity contribution in [1.82, 2.24) is 10.6 Å². The number of carbonyl (C=O) groups is 2. The van der Waals surface area contributed by atoms with Gasteiger partial charge >= 0.3 is 0 Å². The molecule has 3 aromatic rings. The molecule has 0 radical (unpaired) electrons. The van der Waals surface area contributed by atoms with Crippen LogP contribution < -0.4 is 10.6 Å². The highest BCUT2D eigenvalue weighted by Gasteiger charge is 2.29. The molecule has 1 fully saturated rings. The molecule has 0 aliphatic heterocycles. The van der Waals surface area contributed by atoms with Crippen LogP contribution in [-0.2, 0) is 0 Å². The van der Waals surface area contributed by atoms with Crippen molar-refractivity contribution in [3.8, 4) is 0 Å². The number of nitrogens with one attached hydrogen (secondary N) is 2. The standard InChI is InChI=1S/C25H28N2O3S/c28-15-14-26-25(30)23-22(20-8-4-5-9-21(20)31-23)18-12-10-17(11-13-18)16-27-24(29)19-6-2-1-3-7-19/h1-9,17-18,28H,10-16H2,(H,26,30)(H,27,29). The monoisotopic (exact) mass is 436 g/mol. The normalized spacial score (nSPS) is 18.6. The molecule has 4 rings (SSSR count). The van der Waals surface area contributed by atoms with Crippen LogP contribution in [-0.4, -0.2) is 36.6 Å². The van der Waals surface area contributed by atoms with E-state index in [1.807, 2.05) is 42.5 Å². The van der Waals surface area contributed by atoms with Gasteiger partial charge in [-0.15, -0.1) is 11.3 Å². The largest absolute Gasteiger partial charge is 0.395 e. The van der Waals surface area contributed by atoms with Gasteiger partial charge in [-0.2, -0.15) is 0 Å². The molecule has 0 atom stereocenters. The fraction of sp³-hybridized carbons (Fsp3) is 0.360. The first-order chi connectivity index (χ1) is 15.2. The fourth-order valence-corrected chi connectivity index (χ4v) is 5.68. The average molecular weight is 437 g/mol. The molecule has 0 spiro atoms. The van der Waals surface area contributed by atoms with Crippen LogP contribution in [0.2, 0.25) is 0 Å². The zero-order valence-electron chi connectivity index (χ0n) is 17.5. The summed E-state index contributed by atoms with van der Waals surface area (Å²) in [5, 5.41) is 16.1. The Labute approximate surface area is 186 Å². The van der Waals surface area contributed by atoms with Crippen LogP contribution >= 0.6 is 11.3 Å². The van der Waals surface area contributed by atoms with Crippen molar-refractivity contribution < 1.29 is 14.7 Å². The Morgan fingerprint density at radius 2 is 1.61 bits per heavy atom. The predicted molar refractivity (Wildman–Crippen MR) is 125 cm³/mol. The zero-order valence-corrected chi connectivity index (χ0v) is 18.3. The second kappa shape index (κ2) is 10.1. The van der Waals surface area contributed by atoms with Crippen molar-refractivity contribution in [2.75, 3.05) is 19.7 Å². The molecule has 1 aromatic heterocycles. The van der Waals surface area contributed by atoms with E-state index >= 15 is 0 Å². The van der Waals surface area contributed by atoms with Crippen LogP contribution in [0.4, 0.5) is 0 Å². The van der Waals surface area contributed by atoms with Gasteiger partial charge in [-0.25, -0.2) is 0 Å². The Morgan fingerprint density at radius 3 is 2.35 bits per heavy atom. The predicted octanol–water partition coefficient (Wildman–Crippen LogP) is 4.33. The van der Waals surface area contributed by atoms with Gasteiger partial charge in [-0.1, -0.05) is 36.4 Å². The summed E-state index contributed by atoms with van der Waals surface area (Å²) in [4.78, 5) is 25.8. The molecule has 0 bridgehead atoms. The lowest BCUT2D eigenvalue weighted by Gasteiger charge is -2.29. The van der Waals surface area contributed by atoms with Crippen molar-refractivity contribution in [1.29, 1.82) is 0 Å². The fourth-order valence-electron chi connectivity index (χ4n) is 4.47. The van der Waals surface area contributed by atoms with E-state index in [1.165, 1.54) is 16.7 Å². The lowest BCUT2D eigenvalue weighted by molar-refractivity contribution is 0.0934. The van der Waals surface area contributed by atoms with Crippen molar-refractivity contribution >= 4 is 33.2 Å². The van der Waals surface area contributed by atoms with Gasteiger partial charge in [0, 0.05) is 23.4 Å². The SMILES string of the molecule is O=C(NCC1CCC(c2c(C(=O)NCCO)sc3ccccc23)CC1)c1ccccc1. The average Bonchev–Trinajstić information content (AvgIpc) is 3.21. The summed E-state index contributed by atoms with van der Waals surface area (Å²) in [6, 6.07) is 17.5. The number of hydrogen-bond donors (Lipinski definition) is 3. The number of rotatable bonds is 7. The number of thiophene rings is 1. The highest BCUT2D eigenvalue weighted by atomic mass is 32.1. The van der Waals surface area contributed by atoms with E-state index in [0.29, 0.717) is 23.9 Å². The van der Waals surface area contributed by atoms with Crippen LogP contribution in [0.5, 0.6) is 0 Å². The number of amides is 2. The van der Waals surface area contributed by atoms with Gasteiger partial charge in [0.15, 0.2) is 0 Å². The Bertz CT molecular complexity index is 1040. The molecule has 0 unspecified atom stereocenters. The maximum Gasteiger partial charge on any atom is 0.261 e. The molecule has 2 aromatic carbocycles. The van der Waals surface area contributed by atoms with E-state index in [2.05, 4.69) is 22.8 Å². The Morgan fingerprint density at radius 1 is 0.903 bits per heavy atom. The molecule has 1 saturated carbocycles. The molecule has 1 heterocycles. The summed E-state index contributed by atoms with van der Waals surface area (Å²) in [6.45, 7) is 0.890. The summed E-state index contributed by atoms with van der Waals surface area (Å²) in [6.07, 6.45) is 4.07. The molecule has 6 heteroatoms. The van der Waals surface area contributed by atoms with Crippen LogP contribution in [0.25, 0.3) is 10.1 Å². The van der Waals surface area contributed by atoms with Gasteiger partial charge in [-0.3, -0.25) is 9.59 Å². The third kappa shape index (κ3) is 4.97. The first-order valence-corrected chi connectivity index (χ1v) is 11.7. The Hall–Kier alpha value is -2.70. The number of benzene rings is 2. The number of aliphatic hydroxyl groups excluding tert-OH is 1. The second-order valence-corrected chi connectivity index (χ2v) is 9.17. The highest BCUT2D eigenvalue weighted by molar-refractivity contribution is 7.21. The van der Waals surface area contributed by atoms with E-state index < -0.39 is 0 Å². The minimum Gasteiger partial charge on any atom is -0.395 e. The van der Waals surface area contributed by atoms with Gasteiger partial charge in [-0.05, 0) is 66.7 Å². The molecule has 31 heavy (non-hydrogen) atoms. The minimum atomic E-state index is -0.0949. The molecule has 0 saturated heterocycles. The van der Waals surface area contributed by atoms with Gasteiger partial charge in [0.05, 0.1) is 11.5 Å². The van der Waals surface area contributed by atoms with E-state index in [1.54, 1.807) is 0 Å². The molecule has 1 aliphatic rings. The molecule has 162 valence electrons. The summed E-state index contributed by atoms with van der Waals surface area (Å²) in [5.74, 6) is 0.685. The van der Waals surface area contributed by atoms with Crippen LogP contribution in [0.15, 0.2) is 54.6 Å². The third-order valence-electron chi connectivity index (χ3n) is 6.08. The first kappa shape index (κ1) is 21.5. The maximum absolute atomic E-state index is 12.8. The highest BCUT2D eigenvalue weighted by Crippen LogP contribution is 2.43. The zero-order chi connectivity index (χ0) is 21.6. The molecule has 3 N–H and O–H groups in total. The van der Waals surface area contributed by atoms with Crippen molar-refractivity contribution in [2.24, 2.45) is 5.92 Å².